The number of alkyl halides is 1. The van der Waals surface area contributed by atoms with Crippen molar-refractivity contribution in [3.63, 3.8) is 0 Å². The Kier molecular flexibility index (Phi) is 4.71. The van der Waals surface area contributed by atoms with Gasteiger partial charge in [0.05, 0.1) is 16.8 Å². The lowest BCUT2D eigenvalue weighted by molar-refractivity contribution is 0.0821. The van der Waals surface area contributed by atoms with Crippen molar-refractivity contribution in [2.24, 2.45) is 0 Å². The highest BCUT2D eigenvalue weighted by atomic mass is 79.9. The summed E-state index contributed by atoms with van der Waals surface area (Å²) >= 11 is 9.78. The van der Waals surface area contributed by atoms with E-state index in [9.17, 15) is 0 Å². The lowest BCUT2D eigenvalue weighted by Crippen LogP contribution is -2.30. The molecule has 0 N–H and O–H groups in total. The number of rotatable bonds is 2. The summed E-state index contributed by atoms with van der Waals surface area (Å²) in [7, 11) is 0. The third kappa shape index (κ3) is 3.36. The normalized spacial score (nSPS) is 21.4. The summed E-state index contributed by atoms with van der Waals surface area (Å²) in [5.74, 6) is 0. The molecule has 1 aromatic rings. The number of ether oxygens (including phenoxy) is 1. The van der Waals surface area contributed by atoms with Crippen LogP contribution in [0.4, 0.5) is 5.69 Å². The van der Waals surface area contributed by atoms with Crippen LogP contribution in [0.25, 0.3) is 0 Å². The van der Waals surface area contributed by atoms with E-state index in [0.717, 1.165) is 42.2 Å². The topological polar surface area (TPSA) is 12.5 Å². The smallest absolute Gasteiger partial charge is 0.0721 e. The Balaban J connectivity index is 2.20. The van der Waals surface area contributed by atoms with Crippen LogP contribution in [0.1, 0.15) is 18.9 Å². The van der Waals surface area contributed by atoms with Gasteiger partial charge in [0, 0.05) is 25.0 Å². The monoisotopic (exact) mass is 317 g/mol. The fourth-order valence-corrected chi connectivity index (χ4v) is 2.77. The van der Waals surface area contributed by atoms with Gasteiger partial charge in [-0.05, 0) is 31.0 Å². The van der Waals surface area contributed by atoms with E-state index in [1.54, 1.807) is 0 Å². The molecule has 0 aromatic heterocycles. The van der Waals surface area contributed by atoms with Gasteiger partial charge in [-0.2, -0.15) is 0 Å². The Morgan fingerprint density at radius 2 is 2.35 bits per heavy atom. The van der Waals surface area contributed by atoms with Crippen LogP contribution in [0.15, 0.2) is 18.2 Å². The van der Waals surface area contributed by atoms with Crippen LogP contribution in [-0.4, -0.2) is 25.8 Å². The average molecular weight is 319 g/mol. The molecule has 4 heteroatoms. The molecule has 1 aromatic carbocycles. The van der Waals surface area contributed by atoms with Gasteiger partial charge in [-0.1, -0.05) is 33.6 Å². The second-order valence-electron chi connectivity index (χ2n) is 4.40. The van der Waals surface area contributed by atoms with Gasteiger partial charge >= 0.3 is 0 Å². The molecule has 1 atom stereocenters. The van der Waals surface area contributed by atoms with Gasteiger partial charge in [-0.15, -0.1) is 0 Å². The summed E-state index contributed by atoms with van der Waals surface area (Å²) in [6.07, 6.45) is 1.32. The molecule has 2 nitrogen and oxygen atoms in total. The van der Waals surface area contributed by atoms with Gasteiger partial charge in [-0.25, -0.2) is 0 Å². The van der Waals surface area contributed by atoms with Crippen LogP contribution in [0.2, 0.25) is 5.02 Å². The zero-order valence-corrected chi connectivity index (χ0v) is 12.3. The van der Waals surface area contributed by atoms with Crippen molar-refractivity contribution in [1.29, 1.82) is 0 Å². The fourth-order valence-electron chi connectivity index (χ4n) is 2.10. The van der Waals surface area contributed by atoms with E-state index in [1.807, 2.05) is 6.07 Å². The zero-order chi connectivity index (χ0) is 12.3. The molecule has 94 valence electrons. The number of benzene rings is 1. The summed E-state index contributed by atoms with van der Waals surface area (Å²) in [4.78, 5) is 2.32. The molecule has 2 rings (SSSR count). The van der Waals surface area contributed by atoms with Crippen molar-refractivity contribution in [3.8, 4) is 0 Å². The molecule has 0 spiro atoms. The minimum Gasteiger partial charge on any atom is -0.377 e. The SMILES string of the molecule is CC1CN(c2ccc(CBr)cc2Cl)CCCO1. The molecule has 1 aliphatic heterocycles. The van der Waals surface area contributed by atoms with E-state index >= 15 is 0 Å². The van der Waals surface area contributed by atoms with E-state index in [4.69, 9.17) is 16.3 Å². The van der Waals surface area contributed by atoms with Crippen molar-refractivity contribution in [3.05, 3.63) is 28.8 Å². The van der Waals surface area contributed by atoms with Gasteiger partial charge < -0.3 is 9.64 Å². The number of nitrogens with zero attached hydrogens (tertiary/aromatic N) is 1. The molecule has 1 heterocycles. The highest BCUT2D eigenvalue weighted by Gasteiger charge is 2.17. The lowest BCUT2D eigenvalue weighted by Gasteiger charge is -2.25. The quantitative estimate of drug-likeness (QED) is 0.768. The van der Waals surface area contributed by atoms with Crippen molar-refractivity contribution in [2.75, 3.05) is 24.6 Å². The predicted octanol–water partition coefficient (Wildman–Crippen LogP) is 3.85. The molecule has 0 radical (unpaired) electrons. The van der Waals surface area contributed by atoms with Gasteiger partial charge in [0.2, 0.25) is 0 Å². The highest BCUT2D eigenvalue weighted by molar-refractivity contribution is 9.08. The Hall–Kier alpha value is -0.250. The second-order valence-corrected chi connectivity index (χ2v) is 5.37. The molecule has 0 amide bonds. The molecule has 1 aliphatic rings. The van der Waals surface area contributed by atoms with Gasteiger partial charge in [-0.3, -0.25) is 0 Å². The minimum absolute atomic E-state index is 0.268. The van der Waals surface area contributed by atoms with Crippen LogP contribution in [0, 0.1) is 0 Å². The Bertz CT molecular complexity index is 386. The Morgan fingerprint density at radius 1 is 1.53 bits per heavy atom. The third-order valence-electron chi connectivity index (χ3n) is 2.96. The standard InChI is InChI=1S/C13H17BrClNO/c1-10-9-16(5-2-6-17-10)13-4-3-11(8-14)7-12(13)15/h3-4,7,10H,2,5-6,8-9H2,1H3. The summed E-state index contributed by atoms with van der Waals surface area (Å²) < 4.78 is 5.65. The van der Waals surface area contributed by atoms with Gasteiger partial charge in [0.15, 0.2) is 0 Å². The molecule has 1 fully saturated rings. The first kappa shape index (κ1) is 13.2. The number of hydrogen-bond donors (Lipinski definition) is 0. The first-order valence-electron chi connectivity index (χ1n) is 5.91. The van der Waals surface area contributed by atoms with Crippen molar-refractivity contribution in [2.45, 2.75) is 24.8 Å². The van der Waals surface area contributed by atoms with Crippen LogP contribution in [0.5, 0.6) is 0 Å². The van der Waals surface area contributed by atoms with E-state index in [1.165, 1.54) is 5.56 Å². The van der Waals surface area contributed by atoms with Gasteiger partial charge in [0.1, 0.15) is 0 Å². The number of anilines is 1. The summed E-state index contributed by atoms with van der Waals surface area (Å²) in [5, 5.41) is 1.67. The van der Waals surface area contributed by atoms with E-state index in [0.29, 0.717) is 0 Å². The molecule has 0 saturated carbocycles. The molecule has 17 heavy (non-hydrogen) atoms. The van der Waals surface area contributed by atoms with E-state index in [-0.39, 0.29) is 6.10 Å². The van der Waals surface area contributed by atoms with Crippen LogP contribution in [-0.2, 0) is 10.1 Å². The average Bonchev–Trinajstić information content (AvgIpc) is 2.53. The zero-order valence-electron chi connectivity index (χ0n) is 9.96. The molecule has 0 bridgehead atoms. The molecule has 1 saturated heterocycles. The first-order valence-corrected chi connectivity index (χ1v) is 7.41. The number of halogens is 2. The van der Waals surface area contributed by atoms with Crippen molar-refractivity contribution < 1.29 is 4.74 Å². The van der Waals surface area contributed by atoms with Gasteiger partial charge in [0.25, 0.3) is 0 Å². The largest absolute Gasteiger partial charge is 0.377 e. The Labute approximate surface area is 116 Å². The van der Waals surface area contributed by atoms with E-state index in [2.05, 4.69) is 39.9 Å². The first-order chi connectivity index (χ1) is 8.20. The number of hydrogen-bond acceptors (Lipinski definition) is 2. The molecular weight excluding hydrogens is 302 g/mol. The Morgan fingerprint density at radius 3 is 3.06 bits per heavy atom. The maximum atomic E-state index is 6.34. The minimum atomic E-state index is 0.268. The maximum Gasteiger partial charge on any atom is 0.0721 e. The van der Waals surface area contributed by atoms with Crippen molar-refractivity contribution in [1.82, 2.24) is 0 Å². The van der Waals surface area contributed by atoms with Crippen LogP contribution in [0.3, 0.4) is 0 Å². The predicted molar refractivity (Wildman–Crippen MR) is 76.3 cm³/mol. The van der Waals surface area contributed by atoms with E-state index < -0.39 is 0 Å². The third-order valence-corrected chi connectivity index (χ3v) is 3.91. The van der Waals surface area contributed by atoms with Crippen LogP contribution >= 0.6 is 27.5 Å². The fraction of sp³-hybridized carbons (Fsp3) is 0.538. The van der Waals surface area contributed by atoms with Crippen LogP contribution < -0.4 is 4.90 Å². The summed E-state index contributed by atoms with van der Waals surface area (Å²) in [6.45, 7) is 4.87. The molecular formula is C13H17BrClNO. The second kappa shape index (κ2) is 6.07. The molecule has 0 aliphatic carbocycles. The molecule has 1 unspecified atom stereocenters. The summed E-state index contributed by atoms with van der Waals surface area (Å²) in [6, 6.07) is 6.26. The summed E-state index contributed by atoms with van der Waals surface area (Å²) in [5.41, 5.74) is 2.33. The van der Waals surface area contributed by atoms with Crippen molar-refractivity contribution >= 4 is 33.2 Å². The maximum absolute atomic E-state index is 6.34. The highest BCUT2D eigenvalue weighted by Crippen LogP contribution is 2.28. The lowest BCUT2D eigenvalue weighted by atomic mass is 10.2.